The van der Waals surface area contributed by atoms with Crippen LogP contribution in [-0.4, -0.2) is 28.2 Å². The highest BCUT2D eigenvalue weighted by Crippen LogP contribution is 2.31. The maximum absolute atomic E-state index is 6.06. The van der Waals surface area contributed by atoms with E-state index in [4.69, 9.17) is 21.7 Å². The predicted octanol–water partition coefficient (Wildman–Crippen LogP) is 4.03. The largest absolute Gasteiger partial charge is 0.493 e. The minimum absolute atomic E-state index is 0.434. The van der Waals surface area contributed by atoms with Crippen molar-refractivity contribution in [1.82, 2.24) is 14.9 Å². The summed E-state index contributed by atoms with van der Waals surface area (Å²) in [5, 5.41) is 11.2. The molecule has 2 aromatic carbocycles. The molecular formula is C19H20N4O2S. The Morgan fingerprint density at radius 3 is 2.73 bits per heavy atom. The summed E-state index contributed by atoms with van der Waals surface area (Å²) in [6, 6.07) is 13.9. The topological polar surface area (TPSA) is 64.4 Å². The molecule has 1 heterocycles. The quantitative estimate of drug-likeness (QED) is 0.527. The Hall–Kier alpha value is -2.93. The lowest BCUT2D eigenvalue weighted by Crippen LogP contribution is -2.02. The van der Waals surface area contributed by atoms with Gasteiger partial charge in [0.25, 0.3) is 0 Å². The number of rotatable bonds is 6. The molecule has 0 atom stereocenters. The van der Waals surface area contributed by atoms with Crippen molar-refractivity contribution in [3.8, 4) is 11.5 Å². The van der Waals surface area contributed by atoms with Crippen molar-refractivity contribution in [3.05, 3.63) is 69.8 Å². The van der Waals surface area contributed by atoms with Crippen LogP contribution in [0.25, 0.3) is 0 Å². The van der Waals surface area contributed by atoms with Crippen LogP contribution >= 0.6 is 12.2 Å². The summed E-state index contributed by atoms with van der Waals surface area (Å²) in [5.41, 5.74) is 3.07. The number of aromatic amines is 1. The number of benzene rings is 2. The van der Waals surface area contributed by atoms with Gasteiger partial charge in [-0.05, 0) is 43.8 Å². The van der Waals surface area contributed by atoms with E-state index >= 15 is 0 Å². The highest BCUT2D eigenvalue weighted by atomic mass is 32.1. The Morgan fingerprint density at radius 1 is 1.23 bits per heavy atom. The molecule has 26 heavy (non-hydrogen) atoms. The van der Waals surface area contributed by atoms with E-state index in [1.54, 1.807) is 18.0 Å². The lowest BCUT2D eigenvalue weighted by molar-refractivity contribution is 0.284. The maximum atomic E-state index is 6.06. The number of ether oxygens (including phenoxy) is 2. The van der Waals surface area contributed by atoms with Crippen molar-refractivity contribution < 1.29 is 9.47 Å². The highest BCUT2D eigenvalue weighted by Gasteiger charge is 2.10. The monoisotopic (exact) mass is 368 g/mol. The Morgan fingerprint density at radius 2 is 2.04 bits per heavy atom. The van der Waals surface area contributed by atoms with Gasteiger partial charge < -0.3 is 9.47 Å². The molecule has 0 radical (unpaired) electrons. The van der Waals surface area contributed by atoms with Gasteiger partial charge in [-0.2, -0.15) is 14.9 Å². The fraction of sp³-hybridized carbons (Fsp3) is 0.211. The summed E-state index contributed by atoms with van der Waals surface area (Å²) in [7, 11) is 1.62. The zero-order chi connectivity index (χ0) is 18.5. The van der Waals surface area contributed by atoms with E-state index in [9.17, 15) is 0 Å². The number of hydrogen-bond acceptors (Lipinski definition) is 5. The van der Waals surface area contributed by atoms with Crippen LogP contribution in [0.3, 0.4) is 0 Å². The minimum atomic E-state index is 0.434. The average Bonchev–Trinajstić information content (AvgIpc) is 2.96. The molecule has 0 saturated carbocycles. The van der Waals surface area contributed by atoms with Gasteiger partial charge in [0.2, 0.25) is 4.77 Å². The molecule has 0 aliphatic carbocycles. The van der Waals surface area contributed by atoms with Crippen LogP contribution in [0.5, 0.6) is 11.5 Å². The molecule has 7 heteroatoms. The third-order valence-corrected chi connectivity index (χ3v) is 4.08. The number of methoxy groups -OCH3 is 1. The van der Waals surface area contributed by atoms with Gasteiger partial charge in [-0.1, -0.05) is 35.9 Å². The Bertz CT molecular complexity index is 991. The van der Waals surface area contributed by atoms with E-state index in [0.717, 1.165) is 11.1 Å². The Balaban J connectivity index is 1.90. The van der Waals surface area contributed by atoms with Crippen molar-refractivity contribution >= 4 is 18.4 Å². The number of aromatic nitrogens is 3. The predicted molar refractivity (Wildman–Crippen MR) is 104 cm³/mol. The van der Waals surface area contributed by atoms with Crippen LogP contribution in [-0.2, 0) is 6.61 Å². The van der Waals surface area contributed by atoms with E-state index in [2.05, 4.69) is 34.4 Å². The fourth-order valence-corrected chi connectivity index (χ4v) is 2.76. The molecule has 0 spiro atoms. The first kappa shape index (κ1) is 17.9. The van der Waals surface area contributed by atoms with Crippen LogP contribution in [0.15, 0.2) is 47.6 Å². The van der Waals surface area contributed by atoms with Gasteiger partial charge in [-0.15, -0.1) is 0 Å². The number of hydrogen-bond donors (Lipinski definition) is 1. The van der Waals surface area contributed by atoms with E-state index in [0.29, 0.717) is 28.7 Å². The fourth-order valence-electron chi connectivity index (χ4n) is 2.53. The molecule has 3 aromatic rings. The first-order chi connectivity index (χ1) is 12.6. The van der Waals surface area contributed by atoms with Crippen LogP contribution < -0.4 is 9.47 Å². The highest BCUT2D eigenvalue weighted by molar-refractivity contribution is 7.71. The zero-order valence-corrected chi connectivity index (χ0v) is 15.7. The second kappa shape index (κ2) is 7.97. The van der Waals surface area contributed by atoms with Gasteiger partial charge in [0.1, 0.15) is 12.4 Å². The first-order valence-electron chi connectivity index (χ1n) is 8.12. The van der Waals surface area contributed by atoms with Gasteiger partial charge in [0.05, 0.1) is 13.3 Å². The molecule has 6 nitrogen and oxygen atoms in total. The van der Waals surface area contributed by atoms with E-state index < -0.39 is 0 Å². The molecule has 0 amide bonds. The molecule has 134 valence electrons. The lowest BCUT2D eigenvalue weighted by atomic mass is 10.1. The maximum Gasteiger partial charge on any atom is 0.216 e. The number of aryl methyl sites for hydroxylation is 2. The van der Waals surface area contributed by atoms with Crippen molar-refractivity contribution in [3.63, 3.8) is 0 Å². The molecule has 0 fully saturated rings. The molecule has 1 N–H and O–H groups in total. The van der Waals surface area contributed by atoms with Crippen LogP contribution in [0.4, 0.5) is 0 Å². The second-order valence-electron chi connectivity index (χ2n) is 5.79. The standard InChI is InChI=1S/C19H20N4O2S/c1-13-6-4-7-15(10-13)12-25-18-16(8-5-9-17(18)24-3)11-20-23-14(2)21-22-19(23)26/h4-11H,12H2,1-3H3,(H,22,26)/b20-11-. The van der Waals surface area contributed by atoms with Crippen LogP contribution in [0.2, 0.25) is 0 Å². The summed E-state index contributed by atoms with van der Waals surface area (Å²) in [5.74, 6) is 1.96. The van der Waals surface area contributed by atoms with Crippen molar-refractivity contribution in [2.45, 2.75) is 20.5 Å². The van der Waals surface area contributed by atoms with Gasteiger partial charge in [-0.3, -0.25) is 5.10 Å². The van der Waals surface area contributed by atoms with E-state index in [1.807, 2.05) is 37.3 Å². The number of nitrogens with one attached hydrogen (secondary N) is 1. The average molecular weight is 368 g/mol. The molecular weight excluding hydrogens is 348 g/mol. The molecule has 0 saturated heterocycles. The normalized spacial score (nSPS) is 11.0. The first-order valence-corrected chi connectivity index (χ1v) is 8.53. The number of nitrogens with zero attached hydrogens (tertiary/aromatic N) is 3. The van der Waals surface area contributed by atoms with Crippen LogP contribution in [0, 0.1) is 18.6 Å². The molecule has 3 rings (SSSR count). The van der Waals surface area contributed by atoms with Crippen molar-refractivity contribution in [2.24, 2.45) is 5.10 Å². The number of H-pyrrole nitrogens is 1. The second-order valence-corrected chi connectivity index (χ2v) is 6.18. The number of para-hydroxylation sites is 1. The van der Waals surface area contributed by atoms with Crippen molar-refractivity contribution in [1.29, 1.82) is 0 Å². The van der Waals surface area contributed by atoms with E-state index in [-0.39, 0.29) is 0 Å². The Kier molecular flexibility index (Phi) is 5.48. The van der Waals surface area contributed by atoms with E-state index in [1.165, 1.54) is 5.56 Å². The van der Waals surface area contributed by atoms with Crippen LogP contribution in [0.1, 0.15) is 22.5 Å². The van der Waals surface area contributed by atoms with Gasteiger partial charge in [0, 0.05) is 5.56 Å². The molecule has 1 aromatic heterocycles. The summed E-state index contributed by atoms with van der Waals surface area (Å²) in [6.07, 6.45) is 1.69. The summed E-state index contributed by atoms with van der Waals surface area (Å²) >= 11 is 5.17. The lowest BCUT2D eigenvalue weighted by Gasteiger charge is -2.13. The minimum Gasteiger partial charge on any atom is -0.493 e. The SMILES string of the molecule is COc1cccc(/C=N\n2c(C)n[nH]c2=S)c1OCc1cccc(C)c1. The smallest absolute Gasteiger partial charge is 0.216 e. The Labute approximate surface area is 157 Å². The summed E-state index contributed by atoms with van der Waals surface area (Å²) in [4.78, 5) is 0. The summed E-state index contributed by atoms with van der Waals surface area (Å²) in [6.45, 7) is 4.32. The molecule has 0 aliphatic heterocycles. The third-order valence-electron chi connectivity index (χ3n) is 3.82. The third kappa shape index (κ3) is 4.00. The van der Waals surface area contributed by atoms with Crippen molar-refractivity contribution in [2.75, 3.05) is 7.11 Å². The van der Waals surface area contributed by atoms with Gasteiger partial charge in [-0.25, -0.2) is 0 Å². The van der Waals surface area contributed by atoms with Gasteiger partial charge in [0.15, 0.2) is 11.5 Å². The zero-order valence-electron chi connectivity index (χ0n) is 14.9. The van der Waals surface area contributed by atoms with Gasteiger partial charge >= 0.3 is 0 Å². The molecule has 0 bridgehead atoms. The molecule has 0 aliphatic rings. The molecule has 0 unspecified atom stereocenters. The summed E-state index contributed by atoms with van der Waals surface area (Å²) < 4.78 is 13.5.